The van der Waals surface area contributed by atoms with Crippen LogP contribution in [-0.4, -0.2) is 30.6 Å². The monoisotopic (exact) mass is 230 g/mol. The number of nitrogens with zero attached hydrogens (tertiary/aromatic N) is 1. The van der Waals surface area contributed by atoms with E-state index in [9.17, 15) is 0 Å². The molecule has 1 atom stereocenters. The lowest BCUT2D eigenvalue weighted by Crippen LogP contribution is -2.43. The first kappa shape index (κ1) is 11.2. The SMILES string of the molecule is CNC1(C(c2ccccc2)N2CCCC2)CC1. The van der Waals surface area contributed by atoms with E-state index < -0.39 is 0 Å². The van der Waals surface area contributed by atoms with E-state index in [0.29, 0.717) is 11.6 Å². The average Bonchev–Trinajstić information content (AvgIpc) is 2.98. The molecule has 1 aliphatic heterocycles. The summed E-state index contributed by atoms with van der Waals surface area (Å²) in [6.45, 7) is 2.53. The molecule has 1 N–H and O–H groups in total. The summed E-state index contributed by atoms with van der Waals surface area (Å²) in [4.78, 5) is 2.68. The number of hydrogen-bond donors (Lipinski definition) is 1. The molecule has 92 valence electrons. The molecule has 1 heterocycles. The third-order valence-electron chi connectivity index (χ3n) is 4.43. The van der Waals surface area contributed by atoms with Crippen molar-refractivity contribution in [2.45, 2.75) is 37.3 Å². The number of likely N-dealkylation sites (N-methyl/N-ethyl adjacent to an activating group) is 1. The third kappa shape index (κ3) is 2.00. The summed E-state index contributed by atoms with van der Waals surface area (Å²) >= 11 is 0. The van der Waals surface area contributed by atoms with Crippen LogP contribution in [0.15, 0.2) is 30.3 Å². The number of rotatable bonds is 4. The van der Waals surface area contributed by atoms with Gasteiger partial charge in [0.05, 0.1) is 6.04 Å². The lowest BCUT2D eigenvalue weighted by atomic mass is 9.95. The molecular weight excluding hydrogens is 208 g/mol. The van der Waals surface area contributed by atoms with Crippen LogP contribution < -0.4 is 5.32 Å². The molecular formula is C15H22N2. The van der Waals surface area contributed by atoms with Gasteiger partial charge >= 0.3 is 0 Å². The van der Waals surface area contributed by atoms with E-state index in [4.69, 9.17) is 0 Å². The minimum Gasteiger partial charge on any atom is -0.313 e. The first-order valence-electron chi connectivity index (χ1n) is 6.84. The number of nitrogens with one attached hydrogen (secondary N) is 1. The van der Waals surface area contributed by atoms with Crippen LogP contribution in [0.2, 0.25) is 0 Å². The Morgan fingerprint density at radius 3 is 2.29 bits per heavy atom. The molecule has 0 spiro atoms. The lowest BCUT2D eigenvalue weighted by molar-refractivity contribution is 0.185. The summed E-state index contributed by atoms with van der Waals surface area (Å²) in [6.07, 6.45) is 5.37. The van der Waals surface area contributed by atoms with Crippen molar-refractivity contribution < 1.29 is 0 Å². The van der Waals surface area contributed by atoms with E-state index in [0.717, 1.165) is 0 Å². The van der Waals surface area contributed by atoms with Gasteiger partial charge < -0.3 is 5.32 Å². The van der Waals surface area contributed by atoms with Gasteiger partial charge in [0.1, 0.15) is 0 Å². The lowest BCUT2D eigenvalue weighted by Gasteiger charge is -2.35. The molecule has 0 radical (unpaired) electrons. The fraction of sp³-hybridized carbons (Fsp3) is 0.600. The van der Waals surface area contributed by atoms with Gasteiger partial charge in [-0.15, -0.1) is 0 Å². The van der Waals surface area contributed by atoms with Gasteiger partial charge in [0, 0.05) is 5.54 Å². The number of benzene rings is 1. The van der Waals surface area contributed by atoms with Crippen LogP contribution >= 0.6 is 0 Å². The Kier molecular flexibility index (Phi) is 2.93. The van der Waals surface area contributed by atoms with Crippen molar-refractivity contribution in [2.24, 2.45) is 0 Å². The Balaban J connectivity index is 1.91. The van der Waals surface area contributed by atoms with E-state index in [2.05, 4.69) is 47.6 Å². The van der Waals surface area contributed by atoms with Crippen LogP contribution in [0.5, 0.6) is 0 Å². The number of likely N-dealkylation sites (tertiary alicyclic amines) is 1. The predicted molar refractivity (Wildman–Crippen MR) is 71.0 cm³/mol. The molecule has 3 rings (SSSR count). The Labute approximate surface area is 104 Å². The van der Waals surface area contributed by atoms with E-state index >= 15 is 0 Å². The minimum atomic E-state index is 0.353. The topological polar surface area (TPSA) is 15.3 Å². The van der Waals surface area contributed by atoms with Crippen molar-refractivity contribution in [1.82, 2.24) is 10.2 Å². The van der Waals surface area contributed by atoms with Crippen molar-refractivity contribution in [2.75, 3.05) is 20.1 Å². The van der Waals surface area contributed by atoms with Crippen LogP contribution in [-0.2, 0) is 0 Å². The second kappa shape index (κ2) is 4.43. The summed E-state index contributed by atoms with van der Waals surface area (Å²) in [7, 11) is 2.12. The van der Waals surface area contributed by atoms with Crippen LogP contribution in [0.3, 0.4) is 0 Å². The van der Waals surface area contributed by atoms with Gasteiger partial charge in [-0.2, -0.15) is 0 Å². The first-order chi connectivity index (χ1) is 8.36. The van der Waals surface area contributed by atoms with E-state index in [-0.39, 0.29) is 0 Å². The van der Waals surface area contributed by atoms with Gasteiger partial charge in [0.25, 0.3) is 0 Å². The summed E-state index contributed by atoms with van der Waals surface area (Å²) in [5.41, 5.74) is 1.84. The highest BCUT2D eigenvalue weighted by Crippen LogP contribution is 2.49. The smallest absolute Gasteiger partial charge is 0.0530 e. The summed E-state index contributed by atoms with van der Waals surface area (Å²) in [5.74, 6) is 0. The second-order valence-electron chi connectivity index (χ2n) is 5.46. The molecule has 2 nitrogen and oxygen atoms in total. The van der Waals surface area contributed by atoms with E-state index in [1.807, 2.05) is 0 Å². The van der Waals surface area contributed by atoms with Crippen LogP contribution in [0, 0.1) is 0 Å². The Morgan fingerprint density at radius 1 is 1.12 bits per heavy atom. The van der Waals surface area contributed by atoms with Crippen molar-refractivity contribution >= 4 is 0 Å². The van der Waals surface area contributed by atoms with Crippen molar-refractivity contribution in [3.8, 4) is 0 Å². The zero-order chi connectivity index (χ0) is 11.7. The van der Waals surface area contributed by atoms with Gasteiger partial charge in [0.15, 0.2) is 0 Å². The van der Waals surface area contributed by atoms with Crippen LogP contribution in [0.1, 0.15) is 37.3 Å². The molecule has 1 aromatic carbocycles. The first-order valence-corrected chi connectivity index (χ1v) is 6.84. The van der Waals surface area contributed by atoms with Gasteiger partial charge in [-0.05, 0) is 51.4 Å². The maximum atomic E-state index is 3.59. The molecule has 1 saturated carbocycles. The normalized spacial score (nSPS) is 24.8. The molecule has 2 aliphatic rings. The van der Waals surface area contributed by atoms with Crippen molar-refractivity contribution in [3.05, 3.63) is 35.9 Å². The molecule has 2 fully saturated rings. The standard InChI is InChI=1S/C15H22N2/c1-16-15(9-10-15)14(17-11-5-6-12-17)13-7-3-2-4-8-13/h2-4,7-8,14,16H,5-6,9-12H2,1H3. The van der Waals surface area contributed by atoms with Gasteiger partial charge in [-0.25, -0.2) is 0 Å². The fourth-order valence-electron chi connectivity index (χ4n) is 3.31. The molecule has 1 aliphatic carbocycles. The largest absolute Gasteiger partial charge is 0.313 e. The van der Waals surface area contributed by atoms with E-state index in [1.54, 1.807) is 0 Å². The predicted octanol–water partition coefficient (Wildman–Crippen LogP) is 2.58. The van der Waals surface area contributed by atoms with Gasteiger partial charge in [-0.3, -0.25) is 4.90 Å². The van der Waals surface area contributed by atoms with E-state index in [1.165, 1.54) is 44.3 Å². The molecule has 1 aromatic rings. The average molecular weight is 230 g/mol. The fourth-order valence-corrected chi connectivity index (χ4v) is 3.31. The molecule has 1 unspecified atom stereocenters. The Bertz CT molecular complexity index is 364. The molecule has 1 saturated heterocycles. The highest BCUT2D eigenvalue weighted by molar-refractivity contribution is 5.27. The highest BCUT2D eigenvalue weighted by atomic mass is 15.2. The quantitative estimate of drug-likeness (QED) is 0.855. The molecule has 0 amide bonds. The van der Waals surface area contributed by atoms with Crippen molar-refractivity contribution in [3.63, 3.8) is 0 Å². The molecule has 2 heteroatoms. The Hall–Kier alpha value is -0.860. The number of hydrogen-bond acceptors (Lipinski definition) is 2. The molecule has 0 aromatic heterocycles. The van der Waals surface area contributed by atoms with Crippen LogP contribution in [0.25, 0.3) is 0 Å². The maximum Gasteiger partial charge on any atom is 0.0530 e. The van der Waals surface area contributed by atoms with Gasteiger partial charge in [0.2, 0.25) is 0 Å². The molecule has 17 heavy (non-hydrogen) atoms. The summed E-state index contributed by atoms with van der Waals surface area (Å²) < 4.78 is 0. The van der Waals surface area contributed by atoms with Crippen LogP contribution in [0.4, 0.5) is 0 Å². The third-order valence-corrected chi connectivity index (χ3v) is 4.43. The summed E-state index contributed by atoms with van der Waals surface area (Å²) in [5, 5.41) is 3.59. The second-order valence-corrected chi connectivity index (χ2v) is 5.46. The van der Waals surface area contributed by atoms with Gasteiger partial charge in [-0.1, -0.05) is 30.3 Å². The zero-order valence-corrected chi connectivity index (χ0v) is 10.7. The summed E-state index contributed by atoms with van der Waals surface area (Å²) in [6, 6.07) is 11.6. The van der Waals surface area contributed by atoms with Crippen molar-refractivity contribution in [1.29, 1.82) is 0 Å². The molecule has 0 bridgehead atoms. The highest BCUT2D eigenvalue weighted by Gasteiger charge is 2.51. The minimum absolute atomic E-state index is 0.353. The Morgan fingerprint density at radius 2 is 1.76 bits per heavy atom. The maximum absolute atomic E-state index is 3.59. The zero-order valence-electron chi connectivity index (χ0n) is 10.7.